The highest BCUT2D eigenvalue weighted by atomic mass is 16.5. The number of allylic oxidation sites excluding steroid dienone is 2. The van der Waals surface area contributed by atoms with Gasteiger partial charge in [0.15, 0.2) is 0 Å². The first kappa shape index (κ1) is 32.3. The minimum atomic E-state index is -0.290. The summed E-state index contributed by atoms with van der Waals surface area (Å²) in [5.41, 5.74) is 10.7. The highest BCUT2D eigenvalue weighted by molar-refractivity contribution is 5.99. The Balaban J connectivity index is 1.49. The van der Waals surface area contributed by atoms with Gasteiger partial charge in [0.1, 0.15) is 17.7 Å². The third-order valence-electron chi connectivity index (χ3n) is 7.57. The Morgan fingerprint density at radius 1 is 1.11 bits per heavy atom. The number of aryl methyl sites for hydroxylation is 1. The van der Waals surface area contributed by atoms with Crippen molar-refractivity contribution >= 4 is 23.5 Å². The zero-order valence-electron chi connectivity index (χ0n) is 26.9. The van der Waals surface area contributed by atoms with E-state index in [1.165, 1.54) is 0 Å². The van der Waals surface area contributed by atoms with Crippen LogP contribution in [-0.2, 0) is 10.2 Å². The number of rotatable bonds is 8. The molecular formula is C35H46N7O2+. The number of amidine groups is 2. The van der Waals surface area contributed by atoms with Crippen molar-refractivity contribution in [3.63, 3.8) is 0 Å². The number of fused-ring (bicyclic) bond motifs is 1. The molecule has 1 aliphatic rings. The average molecular weight is 597 g/mol. The van der Waals surface area contributed by atoms with Gasteiger partial charge in [-0.2, -0.15) is 5.10 Å². The fourth-order valence-electron chi connectivity index (χ4n) is 4.90. The summed E-state index contributed by atoms with van der Waals surface area (Å²) in [5, 5.41) is 17.1. The van der Waals surface area contributed by atoms with Crippen LogP contribution in [0, 0.1) is 12.8 Å². The maximum atomic E-state index is 13.4. The predicted octanol–water partition coefficient (Wildman–Crippen LogP) is 5.82. The van der Waals surface area contributed by atoms with E-state index in [1.54, 1.807) is 16.8 Å². The van der Waals surface area contributed by atoms with Crippen molar-refractivity contribution in [3.8, 4) is 5.69 Å². The first-order valence-electron chi connectivity index (χ1n) is 15.2. The largest absolute Gasteiger partial charge is 0.486 e. The van der Waals surface area contributed by atoms with E-state index in [4.69, 9.17) is 21.0 Å². The highest BCUT2D eigenvalue weighted by Crippen LogP contribution is 2.39. The fourth-order valence-corrected chi connectivity index (χ4v) is 4.90. The second-order valence-electron chi connectivity index (χ2n) is 12.5. The molecule has 1 aliphatic carbocycles. The number of aromatic nitrogens is 2. The second kappa shape index (κ2) is 13.8. The van der Waals surface area contributed by atoms with Gasteiger partial charge >= 0.3 is 11.9 Å². The lowest BCUT2D eigenvalue weighted by atomic mass is 9.85. The topological polar surface area (TPSA) is 132 Å². The van der Waals surface area contributed by atoms with Gasteiger partial charge < -0.3 is 15.8 Å². The number of anilines is 1. The van der Waals surface area contributed by atoms with Crippen LogP contribution in [0.2, 0.25) is 0 Å². The van der Waals surface area contributed by atoms with Gasteiger partial charge in [0.05, 0.1) is 17.4 Å². The minimum absolute atomic E-state index is 0.109. The summed E-state index contributed by atoms with van der Waals surface area (Å²) >= 11 is 0. The molecule has 0 unspecified atom stereocenters. The van der Waals surface area contributed by atoms with Crippen LogP contribution >= 0.6 is 0 Å². The lowest BCUT2D eigenvalue weighted by Gasteiger charge is -2.32. The number of nitrogens with one attached hydrogen (secondary N) is 2. The number of amides is 2. The number of benzene rings is 2. The molecule has 9 nitrogen and oxygen atoms in total. The Hall–Kier alpha value is -4.66. The van der Waals surface area contributed by atoms with Crippen LogP contribution in [0.15, 0.2) is 83.6 Å². The molecule has 232 valence electrons. The summed E-state index contributed by atoms with van der Waals surface area (Å²) in [7, 11) is 0. The van der Waals surface area contributed by atoms with E-state index in [2.05, 4.69) is 42.5 Å². The Bertz CT molecular complexity index is 1570. The molecule has 2 atom stereocenters. The quantitative estimate of drug-likeness (QED) is 0.113. The van der Waals surface area contributed by atoms with Gasteiger partial charge in [-0.3, -0.25) is 10.7 Å². The molecule has 0 saturated heterocycles. The van der Waals surface area contributed by atoms with E-state index in [9.17, 15) is 4.79 Å². The monoisotopic (exact) mass is 596 g/mol. The molecule has 1 heterocycles. The molecule has 3 aromatic rings. The van der Waals surface area contributed by atoms with Crippen LogP contribution in [0.25, 0.3) is 5.69 Å². The van der Waals surface area contributed by atoms with Gasteiger partial charge in [-0.1, -0.05) is 76.6 Å². The molecule has 0 radical (unpaired) electrons. The Kier molecular flexibility index (Phi) is 10.1. The lowest BCUT2D eigenvalue weighted by molar-refractivity contribution is -0.113. The van der Waals surface area contributed by atoms with E-state index >= 15 is 0 Å². The molecule has 6 N–H and O–H groups in total. The Morgan fingerprint density at radius 3 is 2.43 bits per heavy atom. The van der Waals surface area contributed by atoms with Gasteiger partial charge in [-0.25, -0.2) is 9.48 Å². The van der Waals surface area contributed by atoms with Crippen molar-refractivity contribution in [2.45, 2.75) is 78.9 Å². The molecule has 0 spiro atoms. The molecule has 0 bridgehead atoms. The minimum Gasteiger partial charge on any atom is -0.486 e. The van der Waals surface area contributed by atoms with Gasteiger partial charge in [0.2, 0.25) is 5.84 Å². The molecule has 44 heavy (non-hydrogen) atoms. The summed E-state index contributed by atoms with van der Waals surface area (Å²) in [6.07, 6.45) is 6.65. The van der Waals surface area contributed by atoms with Crippen LogP contribution in [-0.4, -0.2) is 27.5 Å². The summed E-state index contributed by atoms with van der Waals surface area (Å²) in [4.78, 5) is 17.7. The lowest BCUT2D eigenvalue weighted by Crippen LogP contribution is -2.39. The summed E-state index contributed by atoms with van der Waals surface area (Å²) in [5.74, 6) is 2.19. The molecule has 2 aromatic carbocycles. The van der Waals surface area contributed by atoms with Crippen LogP contribution in [0.1, 0.15) is 88.9 Å². The molecule has 9 heteroatoms. The summed E-state index contributed by atoms with van der Waals surface area (Å²) in [6, 6.07) is 17.6. The van der Waals surface area contributed by atoms with Crippen LogP contribution in [0.3, 0.4) is 0 Å². The molecule has 4 rings (SSSR count). The van der Waals surface area contributed by atoms with Crippen LogP contribution in [0.4, 0.5) is 10.6 Å². The number of ether oxygens (including phenoxy) is 1. The van der Waals surface area contributed by atoms with E-state index in [1.807, 2.05) is 82.3 Å². The number of carbonyl (C=O) groups excluding carboxylic acids is 1. The summed E-state index contributed by atoms with van der Waals surface area (Å²) in [6.45, 7) is 14.2. The Labute approximate surface area is 260 Å². The SMILES string of the molecule is C/C=C(\C=C/C(=[NH2+])N=C(N)C(C)C)O[C@H]1CC[C@H](NC(=O)Nc2cc(C(C)(C)C)nn2-c2ccc(C)cc2)c2ccccc21. The smallest absolute Gasteiger partial charge is 0.320 e. The maximum absolute atomic E-state index is 13.4. The fraction of sp³-hybridized carbons (Fsp3) is 0.371. The number of nitrogens with two attached hydrogens (primary N) is 2. The first-order valence-corrected chi connectivity index (χ1v) is 15.2. The van der Waals surface area contributed by atoms with Crippen molar-refractivity contribution in [1.29, 1.82) is 0 Å². The third-order valence-corrected chi connectivity index (χ3v) is 7.57. The number of urea groups is 1. The van der Waals surface area contributed by atoms with Crippen molar-refractivity contribution in [2.75, 3.05) is 5.32 Å². The number of aliphatic imine (C=N–C) groups is 1. The molecule has 2 amide bonds. The van der Waals surface area contributed by atoms with Crippen molar-refractivity contribution in [2.24, 2.45) is 16.6 Å². The molecule has 1 aromatic heterocycles. The van der Waals surface area contributed by atoms with Gasteiger partial charge in [-0.05, 0) is 67.1 Å². The van der Waals surface area contributed by atoms with Crippen molar-refractivity contribution in [3.05, 3.63) is 101 Å². The van der Waals surface area contributed by atoms with Crippen LogP contribution < -0.4 is 21.8 Å². The van der Waals surface area contributed by atoms with Crippen molar-refractivity contribution in [1.82, 2.24) is 15.1 Å². The normalized spacial score (nSPS) is 17.5. The number of hydrogen-bond acceptors (Lipinski definition) is 3. The maximum Gasteiger partial charge on any atom is 0.320 e. The van der Waals surface area contributed by atoms with Crippen LogP contribution in [0.5, 0.6) is 0 Å². The Morgan fingerprint density at radius 2 is 1.80 bits per heavy atom. The molecule has 0 fully saturated rings. The standard InChI is InChI=1S/C35H45N7O2/c1-8-25(17-20-31(36)39-33(37)22(2)3)44-29-19-18-28(26-11-9-10-12-27(26)29)38-34(43)40-32-21-30(35(5,6)7)41-42(32)24-15-13-23(4)14-16-24/h8-17,20-22,28-29H,18-19H2,1-7H3,(H3,36,37,39)(H2,38,40,43)/p+1/b20-17-,25-8+/t28-,29-/m0/s1. The zero-order valence-corrected chi connectivity index (χ0v) is 26.9. The van der Waals surface area contributed by atoms with Gasteiger partial charge in [0, 0.05) is 23.5 Å². The second-order valence-corrected chi connectivity index (χ2v) is 12.5. The first-order chi connectivity index (χ1) is 20.8. The van der Waals surface area contributed by atoms with E-state index in [-0.39, 0.29) is 29.5 Å². The van der Waals surface area contributed by atoms with Gasteiger partial charge in [-0.15, -0.1) is 0 Å². The number of hydrogen-bond donors (Lipinski definition) is 4. The zero-order chi connectivity index (χ0) is 32.0. The number of nitrogens with zero attached hydrogens (tertiary/aromatic N) is 3. The van der Waals surface area contributed by atoms with E-state index in [0.29, 0.717) is 29.7 Å². The average Bonchev–Trinajstić information content (AvgIpc) is 3.40. The molecular weight excluding hydrogens is 550 g/mol. The van der Waals surface area contributed by atoms with E-state index in [0.717, 1.165) is 34.5 Å². The van der Waals surface area contributed by atoms with E-state index < -0.39 is 0 Å². The van der Waals surface area contributed by atoms with Crippen molar-refractivity contribution < 1.29 is 14.9 Å². The highest BCUT2D eigenvalue weighted by Gasteiger charge is 2.30. The molecule has 0 saturated carbocycles. The summed E-state index contributed by atoms with van der Waals surface area (Å²) < 4.78 is 8.20. The molecule has 0 aliphatic heterocycles. The third kappa shape index (κ3) is 8.03. The number of carbonyl (C=O) groups is 1. The predicted molar refractivity (Wildman–Crippen MR) is 178 cm³/mol. The van der Waals surface area contributed by atoms with Gasteiger partial charge in [0.25, 0.3) is 0 Å².